The number of nitrogens with two attached hydrogens (primary N) is 1. The molecule has 0 bridgehead atoms. The number of hydrogen-bond acceptors (Lipinski definition) is 3. The van der Waals surface area contributed by atoms with Crippen LogP contribution in [0.1, 0.15) is 26.3 Å². The maximum absolute atomic E-state index is 10.2. The first-order valence-electron chi connectivity index (χ1n) is 6.76. The van der Waals surface area contributed by atoms with E-state index in [2.05, 4.69) is 23.8 Å². The second-order valence-corrected chi connectivity index (χ2v) is 5.04. The quantitative estimate of drug-likeness (QED) is 0.683. The van der Waals surface area contributed by atoms with E-state index in [0.717, 1.165) is 17.5 Å². The molecule has 0 aliphatic heterocycles. The molecule has 5 nitrogen and oxygen atoms in total. The van der Waals surface area contributed by atoms with E-state index in [-0.39, 0.29) is 11.8 Å². The molecule has 0 aliphatic rings. The molecule has 4 N–H and O–H groups in total. The minimum Gasteiger partial charge on any atom is -0.505 e. The first-order chi connectivity index (χ1) is 9.61. The van der Waals surface area contributed by atoms with Crippen molar-refractivity contribution < 1.29 is 5.11 Å². The van der Waals surface area contributed by atoms with Crippen molar-refractivity contribution >= 4 is 16.9 Å². The Morgan fingerprint density at radius 2 is 2.15 bits per heavy atom. The first-order valence-corrected chi connectivity index (χ1v) is 6.76. The highest BCUT2D eigenvalue weighted by Crippen LogP contribution is 2.37. The molecule has 0 radical (unpaired) electrons. The zero-order valence-corrected chi connectivity index (χ0v) is 11.6. The van der Waals surface area contributed by atoms with E-state index in [1.54, 1.807) is 6.20 Å². The summed E-state index contributed by atoms with van der Waals surface area (Å²) in [5.41, 5.74) is 8.54. The molecule has 2 heterocycles. The molecule has 3 aromatic rings. The number of benzene rings is 1. The topological polar surface area (TPSA) is 79.9 Å². The lowest BCUT2D eigenvalue weighted by Crippen LogP contribution is -2.06. The number of hydrogen-bond donors (Lipinski definition) is 3. The standard InChI is InChI=1S/C15H18N4O/c1-3-9(2)19-8-12(20)13(14(19)16)15-17-10-6-4-5-7-11(10)18-15/h4-9,20H,3,16H2,1-2H3,(H,17,18). The van der Waals surface area contributed by atoms with E-state index in [1.807, 2.05) is 28.8 Å². The summed E-state index contributed by atoms with van der Waals surface area (Å²) in [6.07, 6.45) is 2.61. The molecule has 0 aliphatic carbocycles. The molecule has 1 atom stereocenters. The lowest BCUT2D eigenvalue weighted by atomic mass is 10.2. The molecule has 0 saturated carbocycles. The fourth-order valence-electron chi connectivity index (χ4n) is 2.40. The molecule has 5 heteroatoms. The number of anilines is 1. The van der Waals surface area contributed by atoms with E-state index in [0.29, 0.717) is 17.2 Å². The summed E-state index contributed by atoms with van der Waals surface area (Å²) < 4.78 is 1.89. The maximum atomic E-state index is 10.2. The summed E-state index contributed by atoms with van der Waals surface area (Å²) >= 11 is 0. The Kier molecular flexibility index (Phi) is 2.89. The van der Waals surface area contributed by atoms with Gasteiger partial charge in [0, 0.05) is 12.2 Å². The van der Waals surface area contributed by atoms with Gasteiger partial charge in [0.25, 0.3) is 0 Å². The first kappa shape index (κ1) is 12.6. The molecule has 104 valence electrons. The van der Waals surface area contributed by atoms with Gasteiger partial charge in [0.05, 0.1) is 11.0 Å². The van der Waals surface area contributed by atoms with Crippen LogP contribution in [-0.4, -0.2) is 19.6 Å². The summed E-state index contributed by atoms with van der Waals surface area (Å²) in [4.78, 5) is 7.69. The molecular formula is C15H18N4O. The molecule has 0 amide bonds. The van der Waals surface area contributed by atoms with Crippen LogP contribution in [0.4, 0.5) is 5.82 Å². The van der Waals surface area contributed by atoms with Crippen LogP contribution in [0.3, 0.4) is 0 Å². The maximum Gasteiger partial charge on any atom is 0.146 e. The van der Waals surface area contributed by atoms with E-state index in [1.165, 1.54) is 0 Å². The van der Waals surface area contributed by atoms with E-state index in [4.69, 9.17) is 5.73 Å². The number of aromatic nitrogens is 3. The van der Waals surface area contributed by atoms with Gasteiger partial charge in [-0.15, -0.1) is 0 Å². The summed E-state index contributed by atoms with van der Waals surface area (Å²) in [5, 5.41) is 10.2. The van der Waals surface area contributed by atoms with Crippen molar-refractivity contribution in [2.75, 3.05) is 5.73 Å². The predicted octanol–water partition coefficient (Wildman–Crippen LogP) is 3.29. The van der Waals surface area contributed by atoms with Crippen LogP contribution in [0.5, 0.6) is 5.75 Å². The van der Waals surface area contributed by atoms with Crippen molar-refractivity contribution in [2.45, 2.75) is 26.3 Å². The lowest BCUT2D eigenvalue weighted by molar-refractivity contribution is 0.468. The van der Waals surface area contributed by atoms with Crippen molar-refractivity contribution in [3.8, 4) is 17.1 Å². The number of rotatable bonds is 3. The third-order valence-electron chi connectivity index (χ3n) is 3.74. The number of nitrogens with zero attached hydrogens (tertiary/aromatic N) is 2. The van der Waals surface area contributed by atoms with Crippen molar-refractivity contribution in [2.24, 2.45) is 0 Å². The number of nitrogens with one attached hydrogen (secondary N) is 1. The average molecular weight is 270 g/mol. The number of nitrogen functional groups attached to an aromatic ring is 1. The summed E-state index contributed by atoms with van der Waals surface area (Å²) in [6, 6.07) is 7.98. The molecule has 1 unspecified atom stereocenters. The van der Waals surface area contributed by atoms with Crippen molar-refractivity contribution in [1.29, 1.82) is 0 Å². The molecule has 0 saturated heterocycles. The van der Waals surface area contributed by atoms with Gasteiger partial charge in [-0.1, -0.05) is 19.1 Å². The van der Waals surface area contributed by atoms with E-state index >= 15 is 0 Å². The van der Waals surface area contributed by atoms with Crippen molar-refractivity contribution in [3.63, 3.8) is 0 Å². The summed E-state index contributed by atoms with van der Waals surface area (Å²) in [6.45, 7) is 4.15. The molecule has 0 fully saturated rings. The van der Waals surface area contributed by atoms with Crippen LogP contribution in [0.15, 0.2) is 30.5 Å². The summed E-state index contributed by atoms with van der Waals surface area (Å²) in [5.74, 6) is 1.29. The van der Waals surface area contributed by atoms with Gasteiger partial charge in [-0.3, -0.25) is 0 Å². The molecule has 20 heavy (non-hydrogen) atoms. The predicted molar refractivity (Wildman–Crippen MR) is 80.6 cm³/mol. The smallest absolute Gasteiger partial charge is 0.146 e. The average Bonchev–Trinajstić information content (AvgIpc) is 2.98. The van der Waals surface area contributed by atoms with Gasteiger partial charge >= 0.3 is 0 Å². The highest BCUT2D eigenvalue weighted by atomic mass is 16.3. The van der Waals surface area contributed by atoms with E-state index < -0.39 is 0 Å². The van der Waals surface area contributed by atoms with Gasteiger partial charge in [-0.2, -0.15) is 0 Å². The third kappa shape index (κ3) is 1.82. The Bertz CT molecular complexity index is 723. The largest absolute Gasteiger partial charge is 0.505 e. The van der Waals surface area contributed by atoms with Crippen LogP contribution in [0.25, 0.3) is 22.4 Å². The highest BCUT2D eigenvalue weighted by Gasteiger charge is 2.19. The lowest BCUT2D eigenvalue weighted by Gasteiger charge is -2.12. The van der Waals surface area contributed by atoms with Gasteiger partial charge in [0.15, 0.2) is 0 Å². The second-order valence-electron chi connectivity index (χ2n) is 5.04. The molecule has 3 rings (SSSR count). The highest BCUT2D eigenvalue weighted by molar-refractivity contribution is 5.84. The van der Waals surface area contributed by atoms with Crippen molar-refractivity contribution in [1.82, 2.24) is 14.5 Å². The molecule has 2 aromatic heterocycles. The fourth-order valence-corrected chi connectivity index (χ4v) is 2.40. The van der Waals surface area contributed by atoms with Gasteiger partial charge in [-0.25, -0.2) is 4.98 Å². The molecular weight excluding hydrogens is 252 g/mol. The minimum absolute atomic E-state index is 0.154. The number of H-pyrrole nitrogens is 1. The number of para-hydroxylation sites is 2. The number of fused-ring (bicyclic) bond motifs is 1. The summed E-state index contributed by atoms with van der Waals surface area (Å²) in [7, 11) is 0. The third-order valence-corrected chi connectivity index (χ3v) is 3.74. The van der Waals surface area contributed by atoms with Crippen LogP contribution in [0.2, 0.25) is 0 Å². The van der Waals surface area contributed by atoms with Crippen LogP contribution in [0, 0.1) is 0 Å². The molecule has 1 aromatic carbocycles. The normalized spacial score (nSPS) is 12.9. The number of aromatic amines is 1. The van der Waals surface area contributed by atoms with Crippen molar-refractivity contribution in [3.05, 3.63) is 30.5 Å². The monoisotopic (exact) mass is 270 g/mol. The Hall–Kier alpha value is -2.43. The Morgan fingerprint density at radius 3 is 2.85 bits per heavy atom. The van der Waals surface area contributed by atoms with Crippen LogP contribution in [-0.2, 0) is 0 Å². The van der Waals surface area contributed by atoms with Gasteiger partial charge in [0.2, 0.25) is 0 Å². The second kappa shape index (κ2) is 4.59. The Labute approximate surface area is 117 Å². The number of imidazole rings is 1. The number of aromatic hydroxyl groups is 1. The molecule has 0 spiro atoms. The zero-order valence-electron chi connectivity index (χ0n) is 11.6. The Morgan fingerprint density at radius 1 is 1.40 bits per heavy atom. The fraction of sp³-hybridized carbons (Fsp3) is 0.267. The van der Waals surface area contributed by atoms with Gasteiger partial charge < -0.3 is 20.4 Å². The minimum atomic E-state index is 0.154. The van der Waals surface area contributed by atoms with Gasteiger partial charge in [0.1, 0.15) is 23.0 Å². The van der Waals surface area contributed by atoms with Crippen LogP contribution >= 0.6 is 0 Å². The van der Waals surface area contributed by atoms with Gasteiger partial charge in [-0.05, 0) is 25.5 Å². The Balaban J connectivity index is 2.16. The van der Waals surface area contributed by atoms with Crippen LogP contribution < -0.4 is 5.73 Å². The zero-order chi connectivity index (χ0) is 14.3. The van der Waals surface area contributed by atoms with E-state index in [9.17, 15) is 5.11 Å². The SMILES string of the molecule is CCC(C)n1cc(O)c(-c2nc3ccccc3[nH]2)c1N.